The van der Waals surface area contributed by atoms with Gasteiger partial charge in [0.2, 0.25) is 0 Å². The number of methoxy groups -OCH3 is 1. The van der Waals surface area contributed by atoms with E-state index < -0.39 is 10.7 Å². The molecule has 1 aromatic carbocycles. The van der Waals surface area contributed by atoms with Gasteiger partial charge in [-0.3, -0.25) is 19.8 Å². The Labute approximate surface area is 116 Å². The largest absolute Gasteiger partial charge is 0.469 e. The van der Waals surface area contributed by atoms with E-state index in [1.807, 2.05) is 11.8 Å². The number of ether oxygens (including phenoxy) is 1. The van der Waals surface area contributed by atoms with Crippen LogP contribution in [0.2, 0.25) is 0 Å². The number of nitrogens with zero attached hydrogens (tertiary/aromatic N) is 2. The zero-order valence-electron chi connectivity index (χ0n) is 11.5. The first-order valence-electron chi connectivity index (χ1n) is 6.19. The van der Waals surface area contributed by atoms with Crippen molar-refractivity contribution < 1.29 is 18.8 Å². The van der Waals surface area contributed by atoms with Crippen LogP contribution < -0.4 is 0 Å². The minimum absolute atomic E-state index is 0.224. The lowest BCUT2D eigenvalue weighted by Gasteiger charge is -2.19. The van der Waals surface area contributed by atoms with Crippen LogP contribution in [0, 0.1) is 15.9 Å². The van der Waals surface area contributed by atoms with Crippen LogP contribution in [0.5, 0.6) is 0 Å². The third-order valence-electron chi connectivity index (χ3n) is 2.87. The molecule has 0 aromatic heterocycles. The van der Waals surface area contributed by atoms with Gasteiger partial charge in [0.1, 0.15) is 5.82 Å². The Morgan fingerprint density at radius 2 is 2.15 bits per heavy atom. The molecule has 0 atom stereocenters. The Morgan fingerprint density at radius 1 is 1.45 bits per heavy atom. The summed E-state index contributed by atoms with van der Waals surface area (Å²) in [6.45, 7) is 3.33. The number of rotatable bonds is 7. The highest BCUT2D eigenvalue weighted by molar-refractivity contribution is 5.69. The second-order valence-corrected chi connectivity index (χ2v) is 4.27. The van der Waals surface area contributed by atoms with Gasteiger partial charge in [0.05, 0.1) is 24.5 Å². The molecule has 7 heteroatoms. The van der Waals surface area contributed by atoms with Gasteiger partial charge in [0.25, 0.3) is 5.69 Å². The Hall–Kier alpha value is -2.02. The number of nitro benzene ring substituents is 1. The fraction of sp³-hybridized carbons (Fsp3) is 0.462. The van der Waals surface area contributed by atoms with Crippen molar-refractivity contribution in [3.8, 4) is 0 Å². The maximum absolute atomic E-state index is 13.3. The molecule has 0 fully saturated rings. The molecule has 0 saturated carbocycles. The molecule has 0 radical (unpaired) electrons. The summed E-state index contributed by atoms with van der Waals surface area (Å²) >= 11 is 0. The molecule has 0 saturated heterocycles. The summed E-state index contributed by atoms with van der Waals surface area (Å²) < 4.78 is 17.9. The predicted molar refractivity (Wildman–Crippen MR) is 70.6 cm³/mol. The second-order valence-electron chi connectivity index (χ2n) is 4.27. The molecular formula is C13H17FN2O4. The van der Waals surface area contributed by atoms with E-state index in [-0.39, 0.29) is 18.1 Å². The highest BCUT2D eigenvalue weighted by Gasteiger charge is 2.13. The van der Waals surface area contributed by atoms with Crippen LogP contribution in [-0.4, -0.2) is 36.0 Å². The minimum atomic E-state index is -0.641. The van der Waals surface area contributed by atoms with Crippen LogP contribution in [0.1, 0.15) is 18.9 Å². The number of carbonyl (C=O) groups excluding carboxylic acids is 1. The van der Waals surface area contributed by atoms with E-state index in [1.165, 1.54) is 19.2 Å². The summed E-state index contributed by atoms with van der Waals surface area (Å²) in [5.41, 5.74) is 0.229. The van der Waals surface area contributed by atoms with Crippen molar-refractivity contribution in [2.75, 3.05) is 20.2 Å². The van der Waals surface area contributed by atoms with Gasteiger partial charge in [-0.15, -0.1) is 0 Å². The highest BCUT2D eigenvalue weighted by Crippen LogP contribution is 2.17. The zero-order chi connectivity index (χ0) is 15.1. The predicted octanol–water partition coefficient (Wildman–Crippen LogP) is 2.12. The highest BCUT2D eigenvalue weighted by atomic mass is 19.1. The van der Waals surface area contributed by atoms with Gasteiger partial charge in [0, 0.05) is 19.2 Å². The molecule has 0 bridgehead atoms. The molecule has 20 heavy (non-hydrogen) atoms. The smallest absolute Gasteiger partial charge is 0.306 e. The number of benzene rings is 1. The molecule has 0 heterocycles. The van der Waals surface area contributed by atoms with E-state index >= 15 is 0 Å². The van der Waals surface area contributed by atoms with Crippen LogP contribution in [-0.2, 0) is 16.1 Å². The third kappa shape index (κ3) is 4.93. The molecular weight excluding hydrogens is 267 g/mol. The molecule has 110 valence electrons. The fourth-order valence-corrected chi connectivity index (χ4v) is 1.79. The summed E-state index contributed by atoms with van der Waals surface area (Å²) in [5, 5.41) is 10.7. The number of esters is 1. The van der Waals surface area contributed by atoms with Gasteiger partial charge in [-0.25, -0.2) is 4.39 Å². The number of non-ortho nitro benzene ring substituents is 1. The van der Waals surface area contributed by atoms with Gasteiger partial charge in [-0.05, 0) is 18.2 Å². The normalized spacial score (nSPS) is 10.6. The van der Waals surface area contributed by atoms with E-state index in [2.05, 4.69) is 4.74 Å². The quantitative estimate of drug-likeness (QED) is 0.435. The fourth-order valence-electron chi connectivity index (χ4n) is 1.79. The van der Waals surface area contributed by atoms with Crippen LogP contribution in [0.25, 0.3) is 0 Å². The lowest BCUT2D eigenvalue weighted by Crippen LogP contribution is -2.26. The average molecular weight is 284 g/mol. The van der Waals surface area contributed by atoms with Crippen LogP contribution in [0.15, 0.2) is 18.2 Å². The van der Waals surface area contributed by atoms with Gasteiger partial charge in [0.15, 0.2) is 0 Å². The Bertz CT molecular complexity index is 493. The van der Waals surface area contributed by atoms with Crippen molar-refractivity contribution in [3.63, 3.8) is 0 Å². The number of nitro groups is 1. The molecule has 1 rings (SSSR count). The first kappa shape index (κ1) is 16.0. The zero-order valence-corrected chi connectivity index (χ0v) is 11.5. The van der Waals surface area contributed by atoms with Crippen LogP contribution in [0.4, 0.5) is 10.1 Å². The SMILES string of the molecule is CCN(CCC(=O)OC)Cc1cc(F)cc([N+](=O)[O-])c1. The van der Waals surface area contributed by atoms with Gasteiger partial charge >= 0.3 is 5.97 Å². The first-order valence-corrected chi connectivity index (χ1v) is 6.19. The maximum Gasteiger partial charge on any atom is 0.306 e. The molecule has 1 aromatic rings. The van der Waals surface area contributed by atoms with E-state index in [1.54, 1.807) is 0 Å². The van der Waals surface area contributed by atoms with Gasteiger partial charge in [-0.1, -0.05) is 6.92 Å². The summed E-state index contributed by atoms with van der Waals surface area (Å²) in [4.78, 5) is 23.0. The van der Waals surface area contributed by atoms with Crippen LogP contribution in [0.3, 0.4) is 0 Å². The van der Waals surface area contributed by atoms with Gasteiger partial charge in [-0.2, -0.15) is 0 Å². The summed E-state index contributed by atoms with van der Waals surface area (Å²) in [5.74, 6) is -0.966. The molecule has 0 unspecified atom stereocenters. The molecule has 0 aliphatic carbocycles. The summed E-state index contributed by atoms with van der Waals surface area (Å²) in [6.07, 6.45) is 0.224. The van der Waals surface area contributed by atoms with Crippen LogP contribution >= 0.6 is 0 Å². The summed E-state index contributed by atoms with van der Waals surface area (Å²) in [7, 11) is 1.31. The topological polar surface area (TPSA) is 72.7 Å². The van der Waals surface area contributed by atoms with Gasteiger partial charge < -0.3 is 4.74 Å². The Kier molecular flexibility index (Phi) is 6.05. The molecule has 0 N–H and O–H groups in total. The van der Waals surface area contributed by atoms with Crippen molar-refractivity contribution in [2.45, 2.75) is 19.9 Å². The lowest BCUT2D eigenvalue weighted by molar-refractivity contribution is -0.385. The van der Waals surface area contributed by atoms with E-state index in [4.69, 9.17) is 0 Å². The Morgan fingerprint density at radius 3 is 2.70 bits per heavy atom. The third-order valence-corrected chi connectivity index (χ3v) is 2.87. The minimum Gasteiger partial charge on any atom is -0.469 e. The number of hydrogen-bond acceptors (Lipinski definition) is 5. The Balaban J connectivity index is 2.74. The number of carbonyl (C=O) groups is 1. The number of halogens is 1. The monoisotopic (exact) mass is 284 g/mol. The first-order chi connectivity index (χ1) is 9.46. The summed E-state index contributed by atoms with van der Waals surface area (Å²) in [6, 6.07) is 3.48. The van der Waals surface area contributed by atoms with Crippen molar-refractivity contribution in [2.24, 2.45) is 0 Å². The number of hydrogen-bond donors (Lipinski definition) is 0. The molecule has 0 amide bonds. The average Bonchev–Trinajstić information content (AvgIpc) is 2.42. The van der Waals surface area contributed by atoms with Crippen molar-refractivity contribution >= 4 is 11.7 Å². The molecule has 6 nitrogen and oxygen atoms in total. The second kappa shape index (κ2) is 7.54. The van der Waals surface area contributed by atoms with E-state index in [0.29, 0.717) is 25.2 Å². The standard InChI is InChI=1S/C13H17FN2O4/c1-3-15(5-4-13(17)20-2)9-10-6-11(14)8-12(7-10)16(18)19/h6-8H,3-5,9H2,1-2H3. The molecule has 0 spiro atoms. The van der Waals surface area contributed by atoms with Crippen molar-refractivity contribution in [3.05, 3.63) is 39.7 Å². The molecule has 0 aliphatic rings. The van der Waals surface area contributed by atoms with E-state index in [0.717, 1.165) is 6.07 Å². The van der Waals surface area contributed by atoms with Crippen molar-refractivity contribution in [1.29, 1.82) is 0 Å². The lowest BCUT2D eigenvalue weighted by atomic mass is 10.1. The van der Waals surface area contributed by atoms with Crippen molar-refractivity contribution in [1.82, 2.24) is 4.90 Å². The molecule has 0 aliphatic heterocycles. The van der Waals surface area contributed by atoms with E-state index in [9.17, 15) is 19.3 Å². The maximum atomic E-state index is 13.3.